The third-order valence-electron chi connectivity index (χ3n) is 4.69. The van der Waals surface area contributed by atoms with E-state index in [0.29, 0.717) is 36.5 Å². The van der Waals surface area contributed by atoms with Crippen LogP contribution in [-0.4, -0.2) is 46.3 Å². The zero-order valence-corrected chi connectivity index (χ0v) is 18.6. The van der Waals surface area contributed by atoms with Gasteiger partial charge in [0, 0.05) is 26.0 Å². The maximum atomic E-state index is 13.2. The molecule has 0 spiro atoms. The van der Waals surface area contributed by atoms with Crippen molar-refractivity contribution in [2.45, 2.75) is 26.3 Å². The number of nitrogens with two attached hydrogens (primary N) is 1. The summed E-state index contributed by atoms with van der Waals surface area (Å²) in [7, 11) is 3.70. The lowest BCUT2D eigenvalue weighted by Crippen LogP contribution is -2.39. The quantitative estimate of drug-likeness (QED) is 0.332. The first-order valence-electron chi connectivity index (χ1n) is 9.79. The molecule has 3 aromatic rings. The smallest absolute Gasteiger partial charge is 0.193 e. The first-order valence-corrected chi connectivity index (χ1v) is 10.7. The molecule has 0 radical (unpaired) electrons. The molecule has 0 aliphatic rings. The van der Waals surface area contributed by atoms with Gasteiger partial charge in [-0.1, -0.05) is 0 Å². The van der Waals surface area contributed by atoms with Crippen molar-refractivity contribution in [1.82, 2.24) is 25.0 Å². The van der Waals surface area contributed by atoms with E-state index >= 15 is 0 Å². The second-order valence-electron chi connectivity index (χ2n) is 7.00. The van der Waals surface area contributed by atoms with E-state index in [0.717, 1.165) is 23.1 Å². The summed E-state index contributed by atoms with van der Waals surface area (Å²) in [6.45, 7) is 3.31. The van der Waals surface area contributed by atoms with Gasteiger partial charge < -0.3 is 16.0 Å². The first kappa shape index (κ1) is 22.2. The molecular formula is C21H25FN8S. The summed E-state index contributed by atoms with van der Waals surface area (Å²) in [5.41, 5.74) is 8.70. The zero-order chi connectivity index (χ0) is 22.4. The van der Waals surface area contributed by atoms with Crippen molar-refractivity contribution in [2.75, 3.05) is 26.4 Å². The SMILES string of the molecule is CN=C(NCCCc1nn(-c2ccc(F)cc2)c(N)c1C#N)N(C)Cc1csc(C)n1. The number of aliphatic imine (C=N–C) groups is 1. The molecule has 0 aliphatic heterocycles. The fourth-order valence-electron chi connectivity index (χ4n) is 3.19. The molecule has 0 saturated carbocycles. The summed E-state index contributed by atoms with van der Waals surface area (Å²) >= 11 is 1.63. The van der Waals surface area contributed by atoms with E-state index in [9.17, 15) is 9.65 Å². The Balaban J connectivity index is 1.59. The molecule has 10 heteroatoms. The third kappa shape index (κ3) is 5.38. The average Bonchev–Trinajstić information content (AvgIpc) is 3.30. The summed E-state index contributed by atoms with van der Waals surface area (Å²) < 4.78 is 14.7. The molecule has 162 valence electrons. The Labute approximate surface area is 184 Å². The first-order chi connectivity index (χ1) is 14.9. The highest BCUT2D eigenvalue weighted by Crippen LogP contribution is 2.21. The van der Waals surface area contributed by atoms with Crippen LogP contribution in [0.3, 0.4) is 0 Å². The topological polar surface area (TPSA) is 108 Å². The lowest BCUT2D eigenvalue weighted by Gasteiger charge is -2.21. The van der Waals surface area contributed by atoms with E-state index in [4.69, 9.17) is 5.73 Å². The van der Waals surface area contributed by atoms with Crippen LogP contribution in [0.25, 0.3) is 5.69 Å². The van der Waals surface area contributed by atoms with Crippen molar-refractivity contribution in [3.63, 3.8) is 0 Å². The number of thiazole rings is 1. The Bertz CT molecular complexity index is 1090. The van der Waals surface area contributed by atoms with Gasteiger partial charge >= 0.3 is 0 Å². The van der Waals surface area contributed by atoms with Crippen molar-refractivity contribution in [1.29, 1.82) is 5.26 Å². The second-order valence-corrected chi connectivity index (χ2v) is 8.06. The average molecular weight is 441 g/mol. The Kier molecular flexibility index (Phi) is 7.20. The summed E-state index contributed by atoms with van der Waals surface area (Å²) in [5, 5.41) is 20.4. The number of aromatic nitrogens is 3. The largest absolute Gasteiger partial charge is 0.382 e. The maximum absolute atomic E-state index is 13.2. The number of hydrogen-bond acceptors (Lipinski definition) is 6. The summed E-state index contributed by atoms with van der Waals surface area (Å²) in [5.74, 6) is 0.679. The maximum Gasteiger partial charge on any atom is 0.193 e. The van der Waals surface area contributed by atoms with Gasteiger partial charge in [0.2, 0.25) is 0 Å². The lowest BCUT2D eigenvalue weighted by molar-refractivity contribution is 0.470. The van der Waals surface area contributed by atoms with E-state index in [-0.39, 0.29) is 11.6 Å². The molecule has 8 nitrogen and oxygen atoms in total. The van der Waals surface area contributed by atoms with E-state index in [1.165, 1.54) is 16.8 Å². The number of aryl methyl sites for hydroxylation is 2. The van der Waals surface area contributed by atoms with Crippen LogP contribution in [0.15, 0.2) is 34.6 Å². The fraction of sp³-hybridized carbons (Fsp3) is 0.333. The highest BCUT2D eigenvalue weighted by atomic mass is 32.1. The van der Waals surface area contributed by atoms with Gasteiger partial charge in [-0.2, -0.15) is 10.4 Å². The van der Waals surface area contributed by atoms with Gasteiger partial charge in [-0.05, 0) is 44.0 Å². The van der Waals surface area contributed by atoms with Gasteiger partial charge in [-0.3, -0.25) is 4.99 Å². The predicted molar refractivity (Wildman–Crippen MR) is 121 cm³/mol. The van der Waals surface area contributed by atoms with Crippen LogP contribution in [0.2, 0.25) is 0 Å². The van der Waals surface area contributed by atoms with E-state index in [2.05, 4.69) is 26.5 Å². The van der Waals surface area contributed by atoms with Crippen LogP contribution in [0, 0.1) is 24.1 Å². The number of nitrogen functional groups attached to an aromatic ring is 1. The lowest BCUT2D eigenvalue weighted by atomic mass is 10.1. The monoisotopic (exact) mass is 440 g/mol. The molecular weight excluding hydrogens is 415 g/mol. The molecule has 0 aliphatic carbocycles. The molecule has 2 aromatic heterocycles. The highest BCUT2D eigenvalue weighted by Gasteiger charge is 2.16. The summed E-state index contributed by atoms with van der Waals surface area (Å²) in [4.78, 5) is 10.8. The predicted octanol–water partition coefficient (Wildman–Crippen LogP) is 2.87. The van der Waals surface area contributed by atoms with E-state index in [1.807, 2.05) is 24.3 Å². The van der Waals surface area contributed by atoms with Crippen LogP contribution in [0.1, 0.15) is 28.4 Å². The van der Waals surface area contributed by atoms with Crippen LogP contribution in [0.4, 0.5) is 10.2 Å². The highest BCUT2D eigenvalue weighted by molar-refractivity contribution is 7.09. The molecule has 0 saturated heterocycles. The molecule has 3 rings (SSSR count). The Hall–Kier alpha value is -3.45. The number of nitrogens with one attached hydrogen (secondary N) is 1. The standard InChI is InChI=1S/C21H25FN8S/c1-14-27-16(13-31-14)12-29(3)21(25-2)26-10-4-5-19-18(11-23)20(24)30(28-19)17-8-6-15(22)7-9-17/h6-9,13H,4-5,10,12,24H2,1-3H3,(H,25,26). The molecule has 0 amide bonds. The van der Waals surface area contributed by atoms with Gasteiger partial charge in [-0.25, -0.2) is 14.1 Å². The van der Waals surface area contributed by atoms with Crippen LogP contribution >= 0.6 is 11.3 Å². The normalized spacial score (nSPS) is 11.4. The van der Waals surface area contributed by atoms with Gasteiger partial charge in [0.05, 0.1) is 28.6 Å². The molecule has 0 atom stereocenters. The van der Waals surface area contributed by atoms with Gasteiger partial charge in [0.25, 0.3) is 0 Å². The van der Waals surface area contributed by atoms with Crippen molar-refractivity contribution < 1.29 is 4.39 Å². The van der Waals surface area contributed by atoms with Gasteiger partial charge in [-0.15, -0.1) is 11.3 Å². The summed E-state index contributed by atoms with van der Waals surface area (Å²) in [6.07, 6.45) is 1.30. The number of rotatable bonds is 7. The zero-order valence-electron chi connectivity index (χ0n) is 17.8. The van der Waals surface area contributed by atoms with Gasteiger partial charge in [0.15, 0.2) is 5.96 Å². The minimum Gasteiger partial charge on any atom is -0.382 e. The van der Waals surface area contributed by atoms with Crippen LogP contribution in [0.5, 0.6) is 0 Å². The molecule has 31 heavy (non-hydrogen) atoms. The van der Waals surface area contributed by atoms with E-state index in [1.54, 1.807) is 30.5 Å². The number of anilines is 1. The molecule has 0 unspecified atom stereocenters. The number of nitriles is 1. The Morgan fingerprint density at radius 1 is 1.39 bits per heavy atom. The van der Waals surface area contributed by atoms with Crippen molar-refractivity contribution >= 4 is 23.1 Å². The van der Waals surface area contributed by atoms with Crippen molar-refractivity contribution in [3.05, 3.63) is 57.4 Å². The number of nitrogens with zero attached hydrogens (tertiary/aromatic N) is 6. The molecule has 3 N–H and O–H groups in total. The van der Waals surface area contributed by atoms with Crippen molar-refractivity contribution in [2.24, 2.45) is 4.99 Å². The third-order valence-corrected chi connectivity index (χ3v) is 5.51. The minimum absolute atomic E-state index is 0.256. The number of guanidine groups is 1. The Morgan fingerprint density at radius 2 is 2.13 bits per heavy atom. The summed E-state index contributed by atoms with van der Waals surface area (Å²) in [6, 6.07) is 7.96. The minimum atomic E-state index is -0.343. The molecule has 2 heterocycles. The van der Waals surface area contributed by atoms with Crippen LogP contribution in [-0.2, 0) is 13.0 Å². The van der Waals surface area contributed by atoms with Gasteiger partial charge in [0.1, 0.15) is 23.3 Å². The molecule has 0 bridgehead atoms. The van der Waals surface area contributed by atoms with E-state index < -0.39 is 0 Å². The van der Waals surface area contributed by atoms with Crippen molar-refractivity contribution in [3.8, 4) is 11.8 Å². The Morgan fingerprint density at radius 3 is 2.74 bits per heavy atom. The number of hydrogen-bond donors (Lipinski definition) is 2. The fourth-order valence-corrected chi connectivity index (χ4v) is 3.80. The molecule has 0 fully saturated rings. The molecule has 1 aromatic carbocycles. The van der Waals surface area contributed by atoms with Crippen LogP contribution < -0.4 is 11.1 Å². The number of halogens is 1. The number of benzene rings is 1. The second kappa shape index (κ2) is 10.0.